The van der Waals surface area contributed by atoms with E-state index in [4.69, 9.17) is 16.3 Å². The van der Waals surface area contributed by atoms with Gasteiger partial charge < -0.3 is 10.1 Å². The first-order valence-corrected chi connectivity index (χ1v) is 9.46. The monoisotopic (exact) mass is 393 g/mol. The Morgan fingerprint density at radius 3 is 2.64 bits per heavy atom. The van der Waals surface area contributed by atoms with Gasteiger partial charge in [0, 0.05) is 29.1 Å². The molecule has 1 aromatic heterocycles. The van der Waals surface area contributed by atoms with Crippen LogP contribution < -0.4 is 5.32 Å². The van der Waals surface area contributed by atoms with E-state index in [9.17, 15) is 10.1 Å². The summed E-state index contributed by atoms with van der Waals surface area (Å²) >= 11 is 6.36. The van der Waals surface area contributed by atoms with Crippen LogP contribution in [0.25, 0.3) is 22.2 Å². The molecular formula is C22H20ClN3O2. The minimum absolute atomic E-state index is 0.447. The van der Waals surface area contributed by atoms with Gasteiger partial charge in [-0.3, -0.25) is 0 Å². The van der Waals surface area contributed by atoms with E-state index in [1.54, 1.807) is 22.8 Å². The lowest BCUT2D eigenvalue weighted by Crippen LogP contribution is -2.27. The zero-order valence-corrected chi connectivity index (χ0v) is 16.7. The number of benzene rings is 2. The Kier molecular flexibility index (Phi) is 4.41. The summed E-state index contributed by atoms with van der Waals surface area (Å²) in [6.45, 7) is 6.91. The van der Waals surface area contributed by atoms with E-state index >= 15 is 0 Å². The fourth-order valence-corrected chi connectivity index (χ4v) is 3.84. The van der Waals surface area contributed by atoms with Crippen LogP contribution >= 0.6 is 11.6 Å². The number of ether oxygens (including phenoxy) is 1. The van der Waals surface area contributed by atoms with Gasteiger partial charge in [0.1, 0.15) is 5.60 Å². The molecule has 0 atom stereocenters. The van der Waals surface area contributed by atoms with Crippen LogP contribution in [-0.2, 0) is 17.8 Å². The average Bonchev–Trinajstić information content (AvgIpc) is 3.25. The molecule has 0 saturated carbocycles. The van der Waals surface area contributed by atoms with Crippen molar-refractivity contribution in [3.8, 4) is 17.3 Å². The second-order valence-electron chi connectivity index (χ2n) is 7.89. The number of rotatable bonds is 1. The third-order valence-corrected chi connectivity index (χ3v) is 5.11. The molecule has 0 amide bonds. The summed E-state index contributed by atoms with van der Waals surface area (Å²) in [5, 5.41) is 14.1. The molecule has 0 saturated heterocycles. The molecule has 0 spiro atoms. The van der Waals surface area contributed by atoms with Crippen LogP contribution in [0, 0.1) is 11.3 Å². The van der Waals surface area contributed by atoms with Gasteiger partial charge >= 0.3 is 6.09 Å². The van der Waals surface area contributed by atoms with Gasteiger partial charge in [-0.1, -0.05) is 17.7 Å². The SMILES string of the molecule is CC(C)(C)OC(=O)n1c(-c2ccc(Cl)c3c2CNC3)cc2cc(C#N)ccc21. The lowest BCUT2D eigenvalue weighted by Gasteiger charge is -2.21. The molecule has 0 unspecified atom stereocenters. The molecule has 1 aliphatic rings. The fraction of sp³-hybridized carbons (Fsp3) is 0.273. The smallest absolute Gasteiger partial charge is 0.419 e. The molecule has 1 N–H and O–H groups in total. The maximum absolute atomic E-state index is 13.1. The second-order valence-corrected chi connectivity index (χ2v) is 8.29. The van der Waals surface area contributed by atoms with Crippen LogP contribution in [-0.4, -0.2) is 16.3 Å². The first-order chi connectivity index (χ1) is 13.3. The Hall–Kier alpha value is -2.81. The highest BCUT2D eigenvalue weighted by atomic mass is 35.5. The summed E-state index contributed by atoms with van der Waals surface area (Å²) in [5.41, 5.74) is 4.43. The molecule has 142 valence electrons. The lowest BCUT2D eigenvalue weighted by molar-refractivity contribution is 0.0547. The molecule has 5 nitrogen and oxygen atoms in total. The number of carbonyl (C=O) groups is 1. The van der Waals surface area contributed by atoms with Crippen molar-refractivity contribution in [1.82, 2.24) is 9.88 Å². The summed E-state index contributed by atoms with van der Waals surface area (Å²) in [6.07, 6.45) is -0.447. The van der Waals surface area contributed by atoms with Crippen LogP contribution in [0.2, 0.25) is 5.02 Å². The minimum Gasteiger partial charge on any atom is -0.443 e. The van der Waals surface area contributed by atoms with E-state index in [0.29, 0.717) is 24.2 Å². The van der Waals surface area contributed by atoms with Crippen LogP contribution in [0.3, 0.4) is 0 Å². The number of nitriles is 1. The van der Waals surface area contributed by atoms with Crippen molar-refractivity contribution in [2.75, 3.05) is 0 Å². The standard InChI is InChI=1S/C22H20ClN3O2/c1-22(2,3)28-21(27)26-19-7-4-13(10-24)8-14(19)9-20(26)15-5-6-18(23)17-12-25-11-16(15)17/h4-9,25H,11-12H2,1-3H3. The number of hydrogen-bond acceptors (Lipinski definition) is 4. The molecule has 0 bridgehead atoms. The van der Waals surface area contributed by atoms with Gasteiger partial charge in [0.05, 0.1) is 22.8 Å². The van der Waals surface area contributed by atoms with E-state index in [0.717, 1.165) is 32.8 Å². The Morgan fingerprint density at radius 2 is 1.93 bits per heavy atom. The summed E-state index contributed by atoms with van der Waals surface area (Å²) < 4.78 is 7.26. The minimum atomic E-state index is -0.624. The second kappa shape index (κ2) is 6.66. The van der Waals surface area contributed by atoms with Crippen molar-refractivity contribution < 1.29 is 9.53 Å². The van der Waals surface area contributed by atoms with Crippen molar-refractivity contribution in [2.45, 2.75) is 39.5 Å². The van der Waals surface area contributed by atoms with Gasteiger partial charge in [-0.25, -0.2) is 9.36 Å². The number of aromatic nitrogens is 1. The average molecular weight is 394 g/mol. The third-order valence-electron chi connectivity index (χ3n) is 4.76. The molecule has 6 heteroatoms. The number of hydrogen-bond donors (Lipinski definition) is 1. The maximum Gasteiger partial charge on any atom is 0.419 e. The van der Waals surface area contributed by atoms with Crippen LogP contribution in [0.4, 0.5) is 4.79 Å². The number of nitrogens with zero attached hydrogens (tertiary/aromatic N) is 2. The summed E-state index contributed by atoms with van der Waals surface area (Å²) in [4.78, 5) is 13.1. The zero-order chi connectivity index (χ0) is 20.1. The largest absolute Gasteiger partial charge is 0.443 e. The van der Waals surface area contributed by atoms with E-state index in [1.807, 2.05) is 39.0 Å². The molecule has 2 aromatic carbocycles. The van der Waals surface area contributed by atoms with Gasteiger partial charge in [0.15, 0.2) is 0 Å². The Bertz CT molecular complexity index is 1150. The maximum atomic E-state index is 13.1. The highest BCUT2D eigenvalue weighted by Crippen LogP contribution is 2.37. The van der Waals surface area contributed by atoms with Crippen molar-refractivity contribution in [2.24, 2.45) is 0 Å². The summed E-state index contributed by atoms with van der Waals surface area (Å²) in [7, 11) is 0. The van der Waals surface area contributed by atoms with Crippen LogP contribution in [0.5, 0.6) is 0 Å². The molecule has 2 heterocycles. The van der Waals surface area contributed by atoms with E-state index in [1.165, 1.54) is 0 Å². The predicted molar refractivity (Wildman–Crippen MR) is 109 cm³/mol. The molecule has 1 aliphatic heterocycles. The molecule has 4 rings (SSSR count). The molecule has 28 heavy (non-hydrogen) atoms. The summed E-state index contributed by atoms with van der Waals surface area (Å²) in [6, 6.07) is 13.2. The van der Waals surface area contributed by atoms with Crippen molar-refractivity contribution in [1.29, 1.82) is 5.26 Å². The van der Waals surface area contributed by atoms with E-state index in [2.05, 4.69) is 11.4 Å². The quantitative estimate of drug-likeness (QED) is 0.615. The highest BCUT2D eigenvalue weighted by molar-refractivity contribution is 6.31. The van der Waals surface area contributed by atoms with Gasteiger partial charge in [-0.15, -0.1) is 0 Å². The zero-order valence-electron chi connectivity index (χ0n) is 16.0. The third kappa shape index (κ3) is 3.15. The Labute approximate surface area is 168 Å². The number of carbonyl (C=O) groups excluding carboxylic acids is 1. The van der Waals surface area contributed by atoms with Crippen LogP contribution in [0.1, 0.15) is 37.5 Å². The lowest BCUT2D eigenvalue weighted by atomic mass is 10.0. The highest BCUT2D eigenvalue weighted by Gasteiger charge is 2.26. The van der Waals surface area contributed by atoms with Gasteiger partial charge in [0.25, 0.3) is 0 Å². The number of halogens is 1. The molecule has 0 radical (unpaired) electrons. The molecule has 3 aromatic rings. The molecule has 0 aliphatic carbocycles. The van der Waals surface area contributed by atoms with Crippen LogP contribution in [0.15, 0.2) is 36.4 Å². The van der Waals surface area contributed by atoms with E-state index < -0.39 is 11.7 Å². The van der Waals surface area contributed by atoms with Gasteiger partial charge in [-0.05, 0) is 62.2 Å². The first kappa shape index (κ1) is 18.5. The van der Waals surface area contributed by atoms with Crippen molar-refractivity contribution >= 4 is 28.6 Å². The molecular weight excluding hydrogens is 374 g/mol. The first-order valence-electron chi connectivity index (χ1n) is 9.09. The normalized spacial score (nSPS) is 13.4. The van der Waals surface area contributed by atoms with Crippen molar-refractivity contribution in [3.63, 3.8) is 0 Å². The topological polar surface area (TPSA) is 67.0 Å². The molecule has 0 fully saturated rings. The predicted octanol–water partition coefficient (Wildman–Crippen LogP) is 5.22. The number of nitrogens with one attached hydrogen (secondary N) is 1. The summed E-state index contributed by atoms with van der Waals surface area (Å²) in [5.74, 6) is 0. The Morgan fingerprint density at radius 1 is 1.18 bits per heavy atom. The Balaban J connectivity index is 1.98. The van der Waals surface area contributed by atoms with E-state index in [-0.39, 0.29) is 0 Å². The van der Waals surface area contributed by atoms with Gasteiger partial charge in [0.2, 0.25) is 0 Å². The number of fused-ring (bicyclic) bond motifs is 2. The van der Waals surface area contributed by atoms with Crippen molar-refractivity contribution in [3.05, 3.63) is 58.1 Å². The van der Waals surface area contributed by atoms with Gasteiger partial charge in [-0.2, -0.15) is 5.26 Å². The fourth-order valence-electron chi connectivity index (χ4n) is 3.60.